The molecule has 2 amide bonds. The largest absolute Gasteiger partial charge is 0.508 e. The second-order valence-electron chi connectivity index (χ2n) is 3.69. The van der Waals surface area contributed by atoms with Crippen LogP contribution in [0.2, 0.25) is 0 Å². The van der Waals surface area contributed by atoms with E-state index < -0.39 is 0 Å². The number of phenols is 1. The van der Waals surface area contributed by atoms with Gasteiger partial charge in [-0.25, -0.2) is 0 Å². The molecule has 1 unspecified atom stereocenters. The lowest BCUT2D eigenvalue weighted by Crippen LogP contribution is -2.29. The average Bonchev–Trinajstić information content (AvgIpc) is 2.44. The number of hydrogen-bond acceptors (Lipinski definition) is 3. The molecule has 4 nitrogen and oxygen atoms in total. The number of carbonyl (C=O) groups is 2. The maximum Gasteiger partial charge on any atom is 0.237 e. The summed E-state index contributed by atoms with van der Waals surface area (Å²) in [6, 6.07) is 6.03. The van der Waals surface area contributed by atoms with Crippen LogP contribution in [0, 0.1) is 5.92 Å². The standard InChI is InChI=1S/C11H11NO3/c1-7-6-10(14)12(11(7)15)8-2-4-9(13)5-3-8/h2-5,7,13H,6H2,1H3. The fourth-order valence-corrected chi connectivity index (χ4v) is 1.66. The van der Waals surface area contributed by atoms with Gasteiger partial charge in [0.25, 0.3) is 0 Å². The van der Waals surface area contributed by atoms with Crippen molar-refractivity contribution >= 4 is 17.5 Å². The van der Waals surface area contributed by atoms with E-state index in [2.05, 4.69) is 0 Å². The van der Waals surface area contributed by atoms with Crippen molar-refractivity contribution in [3.8, 4) is 5.75 Å². The monoisotopic (exact) mass is 205 g/mol. The molecule has 0 saturated carbocycles. The molecule has 4 heteroatoms. The number of rotatable bonds is 1. The van der Waals surface area contributed by atoms with Crippen molar-refractivity contribution in [3.05, 3.63) is 24.3 Å². The summed E-state index contributed by atoms with van der Waals surface area (Å²) in [6.45, 7) is 1.74. The summed E-state index contributed by atoms with van der Waals surface area (Å²) < 4.78 is 0. The Hall–Kier alpha value is -1.84. The lowest BCUT2D eigenvalue weighted by atomic mass is 10.1. The second-order valence-corrected chi connectivity index (χ2v) is 3.69. The lowest BCUT2D eigenvalue weighted by Gasteiger charge is -2.13. The van der Waals surface area contributed by atoms with Crippen LogP contribution in [0.5, 0.6) is 5.75 Å². The van der Waals surface area contributed by atoms with E-state index in [0.29, 0.717) is 5.69 Å². The molecule has 1 aliphatic rings. The Bertz CT molecular complexity index is 410. The minimum atomic E-state index is -0.244. The molecule has 1 aliphatic heterocycles. The first-order valence-electron chi connectivity index (χ1n) is 4.75. The quantitative estimate of drug-likeness (QED) is 0.703. The summed E-state index contributed by atoms with van der Waals surface area (Å²) in [5.41, 5.74) is 0.521. The van der Waals surface area contributed by atoms with Gasteiger partial charge in [-0.15, -0.1) is 0 Å². The van der Waals surface area contributed by atoms with Crippen LogP contribution in [0.3, 0.4) is 0 Å². The molecule has 1 N–H and O–H groups in total. The number of carbonyl (C=O) groups excluding carboxylic acids is 2. The Morgan fingerprint density at radius 2 is 1.87 bits per heavy atom. The summed E-state index contributed by atoms with van der Waals surface area (Å²) in [4.78, 5) is 24.3. The van der Waals surface area contributed by atoms with E-state index in [9.17, 15) is 9.59 Å². The van der Waals surface area contributed by atoms with Gasteiger partial charge in [-0.1, -0.05) is 6.92 Å². The van der Waals surface area contributed by atoms with Crippen LogP contribution in [0.25, 0.3) is 0 Å². The normalized spacial score (nSPS) is 21.1. The van der Waals surface area contributed by atoms with Gasteiger partial charge in [0.1, 0.15) is 5.75 Å². The third-order valence-corrected chi connectivity index (χ3v) is 2.48. The van der Waals surface area contributed by atoms with Crippen LogP contribution in [0.15, 0.2) is 24.3 Å². The van der Waals surface area contributed by atoms with Crippen LogP contribution in [-0.4, -0.2) is 16.9 Å². The van der Waals surface area contributed by atoms with E-state index in [1.807, 2.05) is 0 Å². The summed E-state index contributed by atoms with van der Waals surface area (Å²) in [7, 11) is 0. The van der Waals surface area contributed by atoms with Crippen molar-refractivity contribution in [2.75, 3.05) is 4.90 Å². The van der Waals surface area contributed by atoms with Crippen LogP contribution < -0.4 is 4.90 Å². The third-order valence-electron chi connectivity index (χ3n) is 2.48. The minimum Gasteiger partial charge on any atom is -0.508 e. The van der Waals surface area contributed by atoms with Crippen molar-refractivity contribution < 1.29 is 14.7 Å². The van der Waals surface area contributed by atoms with E-state index in [1.165, 1.54) is 17.0 Å². The number of nitrogens with zero attached hydrogens (tertiary/aromatic N) is 1. The van der Waals surface area contributed by atoms with Crippen molar-refractivity contribution in [1.29, 1.82) is 0 Å². The van der Waals surface area contributed by atoms with Gasteiger partial charge in [-0.2, -0.15) is 0 Å². The summed E-state index contributed by atoms with van der Waals surface area (Å²) >= 11 is 0. The van der Waals surface area contributed by atoms with Gasteiger partial charge in [0.05, 0.1) is 5.69 Å². The number of phenolic OH excluding ortho intramolecular Hbond substituents is 1. The van der Waals surface area contributed by atoms with Crippen LogP contribution >= 0.6 is 0 Å². The summed E-state index contributed by atoms with van der Waals surface area (Å²) in [5.74, 6) is -0.485. The molecule has 1 atom stereocenters. The van der Waals surface area contributed by atoms with Crippen molar-refractivity contribution in [3.63, 3.8) is 0 Å². The zero-order valence-electron chi connectivity index (χ0n) is 8.30. The Balaban J connectivity index is 2.35. The van der Waals surface area contributed by atoms with Crippen LogP contribution in [0.1, 0.15) is 13.3 Å². The second kappa shape index (κ2) is 3.38. The van der Waals surface area contributed by atoms with E-state index in [4.69, 9.17) is 5.11 Å². The smallest absolute Gasteiger partial charge is 0.237 e. The molecule has 2 rings (SSSR count). The van der Waals surface area contributed by atoms with Gasteiger partial charge >= 0.3 is 0 Å². The highest BCUT2D eigenvalue weighted by atomic mass is 16.3. The predicted molar refractivity (Wildman–Crippen MR) is 54.4 cm³/mol. The maximum absolute atomic E-state index is 11.6. The van der Waals surface area contributed by atoms with Crippen LogP contribution in [-0.2, 0) is 9.59 Å². The number of anilines is 1. The summed E-state index contributed by atoms with van der Waals surface area (Å²) in [5, 5.41) is 9.09. The van der Waals surface area contributed by atoms with Gasteiger partial charge in [0, 0.05) is 12.3 Å². The molecule has 1 aromatic rings. The zero-order valence-corrected chi connectivity index (χ0v) is 8.30. The molecule has 1 fully saturated rings. The Kier molecular flexibility index (Phi) is 2.19. The van der Waals surface area contributed by atoms with Gasteiger partial charge in [-0.05, 0) is 24.3 Å². The fraction of sp³-hybridized carbons (Fsp3) is 0.273. The minimum absolute atomic E-state index is 0.117. The molecule has 0 aromatic heterocycles. The first kappa shape index (κ1) is 9.71. The van der Waals surface area contributed by atoms with Gasteiger partial charge in [0.15, 0.2) is 0 Å². The molecule has 0 bridgehead atoms. The molecule has 15 heavy (non-hydrogen) atoms. The number of aromatic hydroxyl groups is 1. The Morgan fingerprint density at radius 1 is 1.27 bits per heavy atom. The molecule has 1 heterocycles. The Morgan fingerprint density at radius 3 is 2.33 bits per heavy atom. The molecule has 0 radical (unpaired) electrons. The third kappa shape index (κ3) is 1.58. The fourth-order valence-electron chi connectivity index (χ4n) is 1.66. The van der Waals surface area contributed by atoms with Gasteiger partial charge < -0.3 is 5.11 Å². The highest BCUT2D eigenvalue weighted by Gasteiger charge is 2.36. The molecule has 78 valence electrons. The highest BCUT2D eigenvalue weighted by molar-refractivity contribution is 6.20. The highest BCUT2D eigenvalue weighted by Crippen LogP contribution is 2.27. The molecular weight excluding hydrogens is 194 g/mol. The number of benzene rings is 1. The number of imide groups is 1. The lowest BCUT2D eigenvalue weighted by molar-refractivity contribution is -0.122. The number of amides is 2. The molecule has 0 aliphatic carbocycles. The van der Waals surface area contributed by atoms with Crippen molar-refractivity contribution in [1.82, 2.24) is 0 Å². The first-order valence-corrected chi connectivity index (χ1v) is 4.75. The van der Waals surface area contributed by atoms with E-state index in [1.54, 1.807) is 19.1 Å². The van der Waals surface area contributed by atoms with E-state index in [-0.39, 0.29) is 29.9 Å². The topological polar surface area (TPSA) is 57.6 Å². The summed E-state index contributed by atoms with van der Waals surface area (Å²) in [6.07, 6.45) is 0.264. The zero-order chi connectivity index (χ0) is 11.0. The SMILES string of the molecule is CC1CC(=O)N(c2ccc(O)cc2)C1=O. The predicted octanol–water partition coefficient (Wildman–Crippen LogP) is 1.29. The molecular formula is C11H11NO3. The van der Waals surface area contributed by atoms with Gasteiger partial charge in [-0.3, -0.25) is 14.5 Å². The molecule has 1 aromatic carbocycles. The van der Waals surface area contributed by atoms with E-state index in [0.717, 1.165) is 0 Å². The molecule has 1 saturated heterocycles. The van der Waals surface area contributed by atoms with E-state index >= 15 is 0 Å². The van der Waals surface area contributed by atoms with Crippen molar-refractivity contribution in [2.45, 2.75) is 13.3 Å². The Labute approximate surface area is 87.1 Å². The first-order chi connectivity index (χ1) is 7.09. The number of hydrogen-bond donors (Lipinski definition) is 1. The average molecular weight is 205 g/mol. The van der Waals surface area contributed by atoms with Crippen LogP contribution in [0.4, 0.5) is 5.69 Å². The van der Waals surface area contributed by atoms with Crippen molar-refractivity contribution in [2.24, 2.45) is 5.92 Å². The van der Waals surface area contributed by atoms with Gasteiger partial charge in [0.2, 0.25) is 11.8 Å². The maximum atomic E-state index is 11.6. The molecule has 0 spiro atoms.